The van der Waals surface area contributed by atoms with E-state index in [1.807, 2.05) is 37.3 Å². The Morgan fingerprint density at radius 1 is 1.43 bits per heavy atom. The van der Waals surface area contributed by atoms with E-state index in [2.05, 4.69) is 0 Å². The van der Waals surface area contributed by atoms with Gasteiger partial charge in [-0.3, -0.25) is 5.73 Å². The van der Waals surface area contributed by atoms with Crippen LogP contribution in [-0.4, -0.2) is 23.4 Å². The van der Waals surface area contributed by atoms with Gasteiger partial charge in [0, 0.05) is 13.0 Å². The number of carboxylic acid groups (broad SMARTS) is 1. The Morgan fingerprint density at radius 3 is 2.67 bits per heavy atom. The fourth-order valence-electron chi connectivity index (χ4n) is 2.20. The van der Waals surface area contributed by atoms with E-state index in [1.165, 1.54) is 0 Å². The predicted octanol–water partition coefficient (Wildman–Crippen LogP) is 2.73. The maximum Gasteiger partial charge on any atom is 0.336 e. The van der Waals surface area contributed by atoms with Gasteiger partial charge in [0.15, 0.2) is 0 Å². The molecule has 0 fully saturated rings. The molecule has 0 saturated carbocycles. The quantitative estimate of drug-likeness (QED) is 0.644. The molecule has 0 saturated heterocycles. The zero-order valence-electron chi connectivity index (χ0n) is 12.0. The molecule has 0 aromatic heterocycles. The molecule has 0 aliphatic heterocycles. The van der Waals surface area contributed by atoms with E-state index in [0.717, 1.165) is 5.56 Å². The molecule has 4 heteroatoms. The normalized spacial score (nSPS) is 22.0. The lowest BCUT2D eigenvalue weighted by atomic mass is 9.94. The van der Waals surface area contributed by atoms with E-state index in [-0.39, 0.29) is 5.57 Å². The molecule has 4 nitrogen and oxygen atoms in total. The van der Waals surface area contributed by atoms with Crippen molar-refractivity contribution in [1.82, 2.24) is 0 Å². The second kappa shape index (κ2) is 6.52. The fraction of sp³-hybridized carbons (Fsp3) is 0.235. The van der Waals surface area contributed by atoms with Gasteiger partial charge in [-0.1, -0.05) is 42.5 Å². The summed E-state index contributed by atoms with van der Waals surface area (Å²) >= 11 is 0. The van der Waals surface area contributed by atoms with Crippen molar-refractivity contribution in [2.45, 2.75) is 19.1 Å². The molecule has 1 aromatic rings. The molecule has 0 bridgehead atoms. The molecule has 2 rings (SSSR count). The van der Waals surface area contributed by atoms with E-state index in [0.29, 0.717) is 18.6 Å². The first-order chi connectivity index (χ1) is 10.0. The number of ether oxygens (including phenoxy) is 1. The zero-order valence-corrected chi connectivity index (χ0v) is 12.0. The first-order valence-corrected chi connectivity index (χ1v) is 6.87. The van der Waals surface area contributed by atoms with Crippen LogP contribution in [0.25, 0.3) is 6.08 Å². The van der Waals surface area contributed by atoms with Crippen LogP contribution >= 0.6 is 0 Å². The van der Waals surface area contributed by atoms with Crippen molar-refractivity contribution in [3.8, 4) is 0 Å². The average molecular weight is 285 g/mol. The Bertz CT molecular complexity index is 602. The number of carbonyl (C=O) groups is 1. The minimum absolute atomic E-state index is 0.246. The number of aliphatic carboxylic acids is 1. The molecule has 21 heavy (non-hydrogen) atoms. The average Bonchev–Trinajstić information content (AvgIpc) is 2.47. The third-order valence-corrected chi connectivity index (χ3v) is 3.25. The molecule has 1 aliphatic carbocycles. The molecular weight excluding hydrogens is 266 g/mol. The number of nitrogens with two attached hydrogens (primary N) is 1. The van der Waals surface area contributed by atoms with Gasteiger partial charge in [0.1, 0.15) is 5.72 Å². The maximum atomic E-state index is 11.5. The molecule has 0 radical (unpaired) electrons. The summed E-state index contributed by atoms with van der Waals surface area (Å²) in [5, 5.41) is 9.41. The van der Waals surface area contributed by atoms with Crippen molar-refractivity contribution in [3.63, 3.8) is 0 Å². The van der Waals surface area contributed by atoms with Crippen LogP contribution in [0.3, 0.4) is 0 Å². The third kappa shape index (κ3) is 3.90. The van der Waals surface area contributed by atoms with Gasteiger partial charge in [-0.05, 0) is 30.2 Å². The predicted molar refractivity (Wildman–Crippen MR) is 82.4 cm³/mol. The van der Waals surface area contributed by atoms with Crippen LogP contribution in [0.4, 0.5) is 0 Å². The van der Waals surface area contributed by atoms with E-state index >= 15 is 0 Å². The van der Waals surface area contributed by atoms with Gasteiger partial charge in [0.25, 0.3) is 0 Å². The Kier molecular flexibility index (Phi) is 4.73. The minimum Gasteiger partial charge on any atom is -0.478 e. The summed E-state index contributed by atoms with van der Waals surface area (Å²) in [6.45, 7) is 2.38. The second-order valence-electron chi connectivity index (χ2n) is 4.86. The SMILES string of the molecule is CCOC1(N)C=CC(C(=Cc2ccccc2)C(=O)O)=CC1. The van der Waals surface area contributed by atoms with Crippen molar-refractivity contribution < 1.29 is 14.6 Å². The fourth-order valence-corrected chi connectivity index (χ4v) is 2.20. The van der Waals surface area contributed by atoms with Crippen LogP contribution in [0.5, 0.6) is 0 Å². The van der Waals surface area contributed by atoms with Crippen molar-refractivity contribution in [2.75, 3.05) is 6.61 Å². The Morgan fingerprint density at radius 2 is 2.14 bits per heavy atom. The highest BCUT2D eigenvalue weighted by molar-refractivity contribution is 5.98. The summed E-state index contributed by atoms with van der Waals surface area (Å²) in [5.74, 6) is -0.962. The molecule has 3 N–H and O–H groups in total. The van der Waals surface area contributed by atoms with E-state index in [9.17, 15) is 9.90 Å². The number of hydrogen-bond donors (Lipinski definition) is 2. The first-order valence-electron chi connectivity index (χ1n) is 6.87. The van der Waals surface area contributed by atoms with Gasteiger partial charge in [0.05, 0.1) is 5.57 Å². The second-order valence-corrected chi connectivity index (χ2v) is 4.86. The first kappa shape index (κ1) is 15.2. The Hall–Kier alpha value is -2.17. The summed E-state index contributed by atoms with van der Waals surface area (Å²) in [6, 6.07) is 9.36. The maximum absolute atomic E-state index is 11.5. The third-order valence-electron chi connectivity index (χ3n) is 3.25. The molecule has 1 atom stereocenters. The van der Waals surface area contributed by atoms with E-state index < -0.39 is 11.7 Å². The summed E-state index contributed by atoms with van der Waals surface area (Å²) < 4.78 is 5.46. The molecule has 0 heterocycles. The van der Waals surface area contributed by atoms with Crippen LogP contribution < -0.4 is 5.73 Å². The molecule has 0 spiro atoms. The zero-order chi connectivity index (χ0) is 15.3. The number of benzene rings is 1. The Labute approximate surface area is 124 Å². The summed E-state index contributed by atoms with van der Waals surface area (Å²) in [6.07, 6.45) is 7.34. The summed E-state index contributed by atoms with van der Waals surface area (Å²) in [4.78, 5) is 11.5. The number of allylic oxidation sites excluding steroid dienone is 1. The van der Waals surface area contributed by atoms with E-state index in [1.54, 1.807) is 24.3 Å². The summed E-state index contributed by atoms with van der Waals surface area (Å²) in [7, 11) is 0. The van der Waals surface area contributed by atoms with Gasteiger partial charge in [-0.15, -0.1) is 0 Å². The van der Waals surface area contributed by atoms with Crippen LogP contribution in [0.2, 0.25) is 0 Å². The van der Waals surface area contributed by atoms with Gasteiger partial charge in [-0.2, -0.15) is 0 Å². The highest BCUT2D eigenvalue weighted by Crippen LogP contribution is 2.25. The van der Waals surface area contributed by atoms with Crippen LogP contribution in [0.1, 0.15) is 18.9 Å². The van der Waals surface area contributed by atoms with Gasteiger partial charge in [-0.25, -0.2) is 4.79 Å². The van der Waals surface area contributed by atoms with Gasteiger partial charge >= 0.3 is 5.97 Å². The minimum atomic E-state index is -0.962. The molecule has 0 amide bonds. The van der Waals surface area contributed by atoms with E-state index in [4.69, 9.17) is 10.5 Å². The molecule has 1 aromatic carbocycles. The number of carboxylic acids is 1. The Balaban J connectivity index is 2.26. The lowest BCUT2D eigenvalue weighted by molar-refractivity contribution is -0.132. The van der Waals surface area contributed by atoms with Gasteiger partial charge in [0.2, 0.25) is 0 Å². The van der Waals surface area contributed by atoms with Crippen molar-refractivity contribution in [3.05, 3.63) is 65.3 Å². The topological polar surface area (TPSA) is 72.5 Å². The van der Waals surface area contributed by atoms with Crippen LogP contribution in [-0.2, 0) is 9.53 Å². The standard InChI is InChI=1S/C17H19NO3/c1-2-21-17(18)10-8-14(9-11-17)15(16(19)20)12-13-6-4-3-5-7-13/h3-10,12H,2,11,18H2,1H3,(H,19,20). The highest BCUT2D eigenvalue weighted by Gasteiger charge is 2.25. The lowest BCUT2D eigenvalue weighted by Gasteiger charge is -2.27. The monoisotopic (exact) mass is 285 g/mol. The molecule has 110 valence electrons. The highest BCUT2D eigenvalue weighted by atomic mass is 16.5. The smallest absolute Gasteiger partial charge is 0.336 e. The number of hydrogen-bond acceptors (Lipinski definition) is 3. The largest absolute Gasteiger partial charge is 0.478 e. The van der Waals surface area contributed by atoms with Gasteiger partial charge < -0.3 is 9.84 Å². The molecular formula is C17H19NO3. The molecule has 1 aliphatic rings. The van der Waals surface area contributed by atoms with Crippen molar-refractivity contribution >= 4 is 12.0 Å². The lowest BCUT2D eigenvalue weighted by Crippen LogP contribution is -2.41. The van der Waals surface area contributed by atoms with Crippen LogP contribution in [0.15, 0.2) is 59.7 Å². The van der Waals surface area contributed by atoms with Crippen molar-refractivity contribution in [1.29, 1.82) is 0 Å². The van der Waals surface area contributed by atoms with Crippen LogP contribution in [0, 0.1) is 0 Å². The number of rotatable bonds is 5. The van der Waals surface area contributed by atoms with Crippen molar-refractivity contribution in [2.24, 2.45) is 5.73 Å². The molecule has 1 unspecified atom stereocenters. The summed E-state index contributed by atoms with van der Waals surface area (Å²) in [5.41, 5.74) is 6.94.